The number of nitrogen functional groups attached to an aromatic ring is 1. The zero-order valence-electron chi connectivity index (χ0n) is 12.9. The average Bonchev–Trinajstić information content (AvgIpc) is 3.05. The summed E-state index contributed by atoms with van der Waals surface area (Å²) in [7, 11) is -3.17. The molecule has 0 aromatic carbocycles. The quantitative estimate of drug-likeness (QED) is 0.320. The molecule has 13 nitrogen and oxygen atoms in total. The van der Waals surface area contributed by atoms with Crippen molar-refractivity contribution in [1.82, 2.24) is 19.5 Å². The van der Waals surface area contributed by atoms with Crippen LogP contribution in [0.4, 0.5) is 11.8 Å². The number of hydrogen-bond acceptors (Lipinski definition) is 10. The molecule has 1 saturated heterocycles. The fraction of sp³-hybridized carbons (Fsp3) is 0.545. The Labute approximate surface area is 140 Å². The Morgan fingerprint density at radius 1 is 1.40 bits per heavy atom. The number of phosphoric acid groups is 1. The molecule has 0 aliphatic carbocycles. The number of ether oxygens (including phenoxy) is 1. The minimum Gasteiger partial charge on any atom is -0.387 e. The van der Waals surface area contributed by atoms with Gasteiger partial charge in [-0.15, -0.1) is 0 Å². The van der Waals surface area contributed by atoms with Crippen molar-refractivity contribution < 1.29 is 33.8 Å². The fourth-order valence-electron chi connectivity index (χ4n) is 2.59. The lowest BCUT2D eigenvalue weighted by Gasteiger charge is -2.19. The zero-order chi connectivity index (χ0) is 18.4. The second kappa shape index (κ2) is 6.46. The van der Waals surface area contributed by atoms with Gasteiger partial charge in [0.15, 0.2) is 23.2 Å². The number of aliphatic hydroxyl groups excluding tert-OH is 2. The summed E-state index contributed by atoms with van der Waals surface area (Å²) in [5.41, 5.74) is 6.29. The molecule has 2 aromatic rings. The van der Waals surface area contributed by atoms with Gasteiger partial charge >= 0.3 is 7.82 Å². The Morgan fingerprint density at radius 3 is 2.76 bits per heavy atom. The summed E-state index contributed by atoms with van der Waals surface area (Å²) >= 11 is 0. The molecule has 4 atom stereocenters. The number of imidazole rings is 1. The van der Waals surface area contributed by atoms with Crippen molar-refractivity contribution in [2.75, 3.05) is 24.7 Å². The molecule has 138 valence electrons. The number of nitrogens with one attached hydrogen (secondary N) is 1. The summed E-state index contributed by atoms with van der Waals surface area (Å²) in [5, 5.41) is 23.2. The average molecular weight is 376 g/mol. The van der Waals surface area contributed by atoms with E-state index in [1.807, 2.05) is 0 Å². The van der Waals surface area contributed by atoms with E-state index in [1.54, 1.807) is 7.05 Å². The van der Waals surface area contributed by atoms with E-state index in [1.165, 1.54) is 10.9 Å². The molecular weight excluding hydrogens is 359 g/mol. The summed E-state index contributed by atoms with van der Waals surface area (Å²) in [4.78, 5) is 29.7. The van der Waals surface area contributed by atoms with Crippen molar-refractivity contribution >= 4 is 30.8 Å². The van der Waals surface area contributed by atoms with Crippen molar-refractivity contribution in [2.24, 2.45) is 0 Å². The highest BCUT2D eigenvalue weighted by molar-refractivity contribution is 7.46. The number of nitrogens with zero attached hydrogens (tertiary/aromatic N) is 4. The van der Waals surface area contributed by atoms with Crippen LogP contribution < -0.4 is 11.1 Å². The first-order chi connectivity index (χ1) is 11.7. The Kier molecular flexibility index (Phi) is 4.64. The summed E-state index contributed by atoms with van der Waals surface area (Å²) in [5.74, 6) is 0.365. The van der Waals surface area contributed by atoms with E-state index in [-0.39, 0.29) is 22.9 Å². The van der Waals surface area contributed by atoms with E-state index in [0.717, 1.165) is 0 Å². The third-order valence-corrected chi connectivity index (χ3v) is 4.21. The summed E-state index contributed by atoms with van der Waals surface area (Å²) in [6.07, 6.45) is -3.97. The van der Waals surface area contributed by atoms with Gasteiger partial charge in [-0.2, -0.15) is 0 Å². The van der Waals surface area contributed by atoms with Gasteiger partial charge in [0.2, 0.25) is 5.95 Å². The molecule has 1 fully saturated rings. The van der Waals surface area contributed by atoms with Crippen molar-refractivity contribution in [2.45, 2.75) is 24.5 Å². The highest BCUT2D eigenvalue weighted by Crippen LogP contribution is 2.39. The van der Waals surface area contributed by atoms with Gasteiger partial charge in [0.1, 0.15) is 24.6 Å². The summed E-state index contributed by atoms with van der Waals surface area (Å²) in [6, 6.07) is 0. The van der Waals surface area contributed by atoms with Crippen molar-refractivity contribution in [3.63, 3.8) is 0 Å². The normalized spacial score (nSPS) is 27.1. The molecule has 0 saturated carbocycles. The Morgan fingerprint density at radius 2 is 2.12 bits per heavy atom. The molecule has 0 bridgehead atoms. The molecule has 4 unspecified atom stereocenters. The lowest BCUT2D eigenvalue weighted by atomic mass is 10.1. The minimum atomic E-state index is -4.75. The largest absolute Gasteiger partial charge is 0.469 e. The van der Waals surface area contributed by atoms with Gasteiger partial charge < -0.3 is 35.8 Å². The van der Waals surface area contributed by atoms with E-state index < -0.39 is 39.0 Å². The van der Waals surface area contributed by atoms with Gasteiger partial charge in [-0.05, 0) is 0 Å². The lowest BCUT2D eigenvalue weighted by Crippen LogP contribution is -2.33. The molecule has 0 amide bonds. The molecule has 25 heavy (non-hydrogen) atoms. The van der Waals surface area contributed by atoms with Gasteiger partial charge in [0.05, 0.1) is 6.61 Å². The molecule has 1 aliphatic heterocycles. The fourth-order valence-corrected chi connectivity index (χ4v) is 2.94. The molecule has 2 aromatic heterocycles. The van der Waals surface area contributed by atoms with Crippen molar-refractivity contribution in [1.29, 1.82) is 0 Å². The predicted octanol–water partition coefficient (Wildman–Crippen LogP) is -1.82. The van der Waals surface area contributed by atoms with Crippen LogP contribution in [0.5, 0.6) is 0 Å². The molecule has 7 N–H and O–H groups in total. The topological polar surface area (TPSA) is 198 Å². The zero-order valence-corrected chi connectivity index (χ0v) is 13.8. The SMILES string of the molecule is CNc1nc2c(N)ncnc2n1C1OC(COP(=O)(O)O)C(O)C1O. The van der Waals surface area contributed by atoms with Crippen LogP contribution >= 0.6 is 7.82 Å². The first-order valence-electron chi connectivity index (χ1n) is 7.10. The number of phosphoric ester groups is 1. The van der Waals surface area contributed by atoms with E-state index in [9.17, 15) is 14.8 Å². The maximum atomic E-state index is 10.8. The van der Waals surface area contributed by atoms with Crippen LogP contribution in [0.25, 0.3) is 11.2 Å². The standard InChI is InChI=1S/C11H17N6O7P/c1-13-11-16-5-8(12)14-3-15-9(5)17(11)10-7(19)6(18)4(24-10)2-23-25(20,21)22/h3-4,6-7,10,18-19H,2H2,1H3,(H,13,16)(H2,12,14,15)(H2,20,21,22). The third-order valence-electron chi connectivity index (χ3n) is 3.73. The first-order valence-corrected chi connectivity index (χ1v) is 8.64. The number of hydrogen-bond donors (Lipinski definition) is 6. The van der Waals surface area contributed by atoms with Crippen molar-refractivity contribution in [3.05, 3.63) is 6.33 Å². The van der Waals surface area contributed by atoms with E-state index in [4.69, 9.17) is 20.3 Å². The molecular formula is C11H17N6O7P. The molecule has 0 radical (unpaired) electrons. The Bertz CT molecular complexity index is 825. The summed E-state index contributed by atoms with van der Waals surface area (Å²) < 4.78 is 22.1. The van der Waals surface area contributed by atoms with Crippen LogP contribution in [-0.4, -0.2) is 71.5 Å². The highest BCUT2D eigenvalue weighted by Gasteiger charge is 2.46. The van der Waals surface area contributed by atoms with Gasteiger partial charge in [-0.3, -0.25) is 9.09 Å². The van der Waals surface area contributed by atoms with Crippen LogP contribution in [0.1, 0.15) is 6.23 Å². The second-order valence-corrected chi connectivity index (χ2v) is 6.56. The highest BCUT2D eigenvalue weighted by atomic mass is 31.2. The molecule has 0 spiro atoms. The predicted molar refractivity (Wildman–Crippen MR) is 83.2 cm³/mol. The van der Waals surface area contributed by atoms with Crippen LogP contribution in [0, 0.1) is 0 Å². The second-order valence-electron chi connectivity index (χ2n) is 5.32. The molecule has 3 heterocycles. The van der Waals surface area contributed by atoms with E-state index in [2.05, 4.69) is 24.8 Å². The van der Waals surface area contributed by atoms with E-state index >= 15 is 0 Å². The number of aliphatic hydroxyl groups is 2. The first kappa shape index (κ1) is 17.9. The van der Waals surface area contributed by atoms with Crippen LogP contribution in [0.2, 0.25) is 0 Å². The molecule has 14 heteroatoms. The number of anilines is 2. The Hall–Kier alpha value is -1.86. The van der Waals surface area contributed by atoms with E-state index in [0.29, 0.717) is 0 Å². The smallest absolute Gasteiger partial charge is 0.387 e. The van der Waals surface area contributed by atoms with Crippen LogP contribution in [-0.2, 0) is 13.8 Å². The van der Waals surface area contributed by atoms with Gasteiger partial charge in [0.25, 0.3) is 0 Å². The minimum absolute atomic E-state index is 0.120. The maximum Gasteiger partial charge on any atom is 0.469 e. The maximum absolute atomic E-state index is 10.8. The van der Waals surface area contributed by atoms with Gasteiger partial charge in [0, 0.05) is 7.05 Å². The third kappa shape index (κ3) is 3.30. The Balaban J connectivity index is 1.95. The van der Waals surface area contributed by atoms with Crippen LogP contribution in [0.15, 0.2) is 6.33 Å². The molecule has 3 rings (SSSR count). The monoisotopic (exact) mass is 376 g/mol. The van der Waals surface area contributed by atoms with Crippen molar-refractivity contribution in [3.8, 4) is 0 Å². The molecule has 1 aliphatic rings. The lowest BCUT2D eigenvalue weighted by molar-refractivity contribution is -0.0494. The van der Waals surface area contributed by atoms with Gasteiger partial charge in [-0.1, -0.05) is 0 Å². The number of nitrogens with two attached hydrogens (primary N) is 1. The van der Waals surface area contributed by atoms with Crippen LogP contribution in [0.3, 0.4) is 0 Å². The number of rotatable bonds is 5. The number of fused-ring (bicyclic) bond motifs is 1. The van der Waals surface area contributed by atoms with Gasteiger partial charge in [-0.25, -0.2) is 19.5 Å². The number of aromatic nitrogens is 4. The summed E-state index contributed by atoms with van der Waals surface area (Å²) in [6.45, 7) is -0.613.